The number of nitrogens with one attached hydrogen (secondary N) is 3. The maximum Gasteiger partial charge on any atom is 0.252 e. The lowest BCUT2D eigenvalue weighted by atomic mass is 10.0. The van der Waals surface area contributed by atoms with E-state index in [9.17, 15) is 13.6 Å². The number of hydrogen-bond acceptors (Lipinski definition) is 6. The number of benzene rings is 1. The highest BCUT2D eigenvalue weighted by molar-refractivity contribution is 6.06. The van der Waals surface area contributed by atoms with Crippen LogP contribution >= 0.6 is 0 Å². The lowest BCUT2D eigenvalue weighted by Gasteiger charge is -2.37. The maximum atomic E-state index is 13.6. The standard InChI is InChI=1S/C24H30F2N6O/c25-24(26)8-10-32(11-9-24)21(17(12-27)13-28)15-30-23(33)19-2-1-3-20-18(19)6-7-22(31-20)29-14-16-4-5-16/h1-3,6-7,12-13,16,21,27H,4-5,8-11,14-15,28H2,(H,29,31)(H,30,33). The van der Waals surface area contributed by atoms with Gasteiger partial charge in [-0.25, -0.2) is 13.8 Å². The average Bonchev–Trinajstić information content (AvgIpc) is 3.64. The van der Waals surface area contributed by atoms with E-state index in [2.05, 4.69) is 15.6 Å². The van der Waals surface area contributed by atoms with Gasteiger partial charge >= 0.3 is 0 Å². The number of piperidine rings is 1. The fourth-order valence-corrected chi connectivity index (χ4v) is 4.18. The van der Waals surface area contributed by atoms with Crippen LogP contribution in [-0.4, -0.2) is 60.1 Å². The Morgan fingerprint density at radius 2 is 2.03 bits per heavy atom. The molecule has 2 fully saturated rings. The van der Waals surface area contributed by atoms with Gasteiger partial charge in [-0.2, -0.15) is 0 Å². The van der Waals surface area contributed by atoms with E-state index in [-0.39, 0.29) is 38.4 Å². The molecule has 9 heteroatoms. The third-order valence-corrected chi connectivity index (χ3v) is 6.42. The number of amides is 1. The fourth-order valence-electron chi connectivity index (χ4n) is 4.18. The Labute approximate surface area is 191 Å². The van der Waals surface area contributed by atoms with Gasteiger partial charge in [0.2, 0.25) is 0 Å². The number of likely N-dealkylation sites (tertiary alicyclic amines) is 1. The molecule has 1 aliphatic carbocycles. The Morgan fingerprint density at radius 3 is 2.70 bits per heavy atom. The number of aromatic nitrogens is 1. The van der Waals surface area contributed by atoms with E-state index >= 15 is 0 Å². The number of alkyl halides is 2. The van der Waals surface area contributed by atoms with Crippen LogP contribution in [0.5, 0.6) is 0 Å². The molecule has 1 saturated carbocycles. The van der Waals surface area contributed by atoms with Gasteiger partial charge in [-0.15, -0.1) is 0 Å². The zero-order chi connectivity index (χ0) is 23.4. The lowest BCUT2D eigenvalue weighted by molar-refractivity contribution is -0.0598. The summed E-state index contributed by atoms with van der Waals surface area (Å²) < 4.78 is 27.2. The summed E-state index contributed by atoms with van der Waals surface area (Å²) in [6.07, 6.45) is 4.42. The predicted molar refractivity (Wildman–Crippen MR) is 126 cm³/mol. The van der Waals surface area contributed by atoms with Crippen molar-refractivity contribution in [3.63, 3.8) is 0 Å². The van der Waals surface area contributed by atoms with E-state index in [4.69, 9.17) is 11.1 Å². The molecule has 7 nitrogen and oxygen atoms in total. The van der Waals surface area contributed by atoms with Crippen LogP contribution in [0.4, 0.5) is 14.6 Å². The normalized spacial score (nSPS) is 19.8. The van der Waals surface area contributed by atoms with Crippen molar-refractivity contribution < 1.29 is 13.6 Å². The number of pyridine rings is 1. The Bertz CT molecular complexity index is 1040. The number of fused-ring (bicyclic) bond motifs is 1. The molecule has 2 heterocycles. The molecule has 5 N–H and O–H groups in total. The Balaban J connectivity index is 1.46. The zero-order valence-electron chi connectivity index (χ0n) is 18.5. The second-order valence-corrected chi connectivity index (χ2v) is 8.82. The van der Waals surface area contributed by atoms with E-state index in [1.807, 2.05) is 23.1 Å². The van der Waals surface area contributed by atoms with E-state index in [0.717, 1.165) is 35.4 Å². The first-order chi connectivity index (χ1) is 15.9. The van der Waals surface area contributed by atoms with Gasteiger partial charge in [-0.1, -0.05) is 6.07 Å². The topological polar surface area (TPSA) is 107 Å². The third kappa shape index (κ3) is 5.65. The van der Waals surface area contributed by atoms with Gasteiger partial charge in [-0.05, 0) is 43.0 Å². The van der Waals surface area contributed by atoms with Crippen LogP contribution in [0.1, 0.15) is 36.0 Å². The highest BCUT2D eigenvalue weighted by Gasteiger charge is 2.37. The first kappa shape index (κ1) is 23.1. The number of carbonyl (C=O) groups excluding carboxylic acids is 1. The minimum Gasteiger partial charge on any atom is -0.404 e. The van der Waals surface area contributed by atoms with Gasteiger partial charge in [-0.3, -0.25) is 9.69 Å². The SMILES string of the molecule is N=CC(=CN)C(CNC(=O)c1cccc2nc(NCC3CC3)ccc12)N1CCC(F)(F)CC1. The van der Waals surface area contributed by atoms with Crippen LogP contribution in [0.25, 0.3) is 10.9 Å². The van der Waals surface area contributed by atoms with Crippen molar-refractivity contribution in [1.29, 1.82) is 5.41 Å². The largest absolute Gasteiger partial charge is 0.404 e. The van der Waals surface area contributed by atoms with Gasteiger partial charge in [0.15, 0.2) is 0 Å². The first-order valence-electron chi connectivity index (χ1n) is 11.4. The molecule has 1 amide bonds. The quantitative estimate of drug-likeness (QED) is 0.433. The van der Waals surface area contributed by atoms with E-state index in [0.29, 0.717) is 11.1 Å². The van der Waals surface area contributed by atoms with Crippen molar-refractivity contribution in [2.45, 2.75) is 37.6 Å². The molecule has 0 radical (unpaired) electrons. The van der Waals surface area contributed by atoms with Crippen LogP contribution in [0.15, 0.2) is 42.1 Å². The molecule has 0 bridgehead atoms. The molecule has 1 saturated heterocycles. The third-order valence-electron chi connectivity index (χ3n) is 6.42. The van der Waals surface area contributed by atoms with Crippen molar-refractivity contribution in [2.75, 3.05) is 31.5 Å². The number of nitrogens with zero attached hydrogens (tertiary/aromatic N) is 2. The minimum atomic E-state index is -2.68. The van der Waals surface area contributed by atoms with Gasteiger partial charge in [0.05, 0.1) is 11.6 Å². The number of nitrogens with two attached hydrogens (primary N) is 1. The van der Waals surface area contributed by atoms with Gasteiger partial charge in [0, 0.05) is 68.0 Å². The molecule has 0 spiro atoms. The summed E-state index contributed by atoms with van der Waals surface area (Å²) in [4.78, 5) is 19.5. The molecule has 33 heavy (non-hydrogen) atoms. The second-order valence-electron chi connectivity index (χ2n) is 8.82. The Morgan fingerprint density at radius 1 is 1.27 bits per heavy atom. The van der Waals surface area contributed by atoms with Crippen LogP contribution in [0.3, 0.4) is 0 Å². The Hall–Kier alpha value is -3.07. The number of carbonyl (C=O) groups is 1. The summed E-state index contributed by atoms with van der Waals surface area (Å²) in [5, 5.41) is 14.6. The molecule has 1 aromatic carbocycles. The summed E-state index contributed by atoms with van der Waals surface area (Å²) >= 11 is 0. The smallest absolute Gasteiger partial charge is 0.252 e. The molecular weight excluding hydrogens is 426 g/mol. The van der Waals surface area contributed by atoms with Gasteiger partial charge in [0.25, 0.3) is 11.8 Å². The van der Waals surface area contributed by atoms with Crippen molar-refractivity contribution in [2.24, 2.45) is 11.7 Å². The number of halogens is 2. The van der Waals surface area contributed by atoms with Crippen molar-refractivity contribution in [3.8, 4) is 0 Å². The van der Waals surface area contributed by atoms with E-state index in [1.165, 1.54) is 19.0 Å². The summed E-state index contributed by atoms with van der Waals surface area (Å²) in [5.74, 6) is -1.44. The first-order valence-corrected chi connectivity index (χ1v) is 11.4. The monoisotopic (exact) mass is 456 g/mol. The maximum absolute atomic E-state index is 13.6. The zero-order valence-corrected chi connectivity index (χ0v) is 18.5. The molecule has 1 unspecified atom stereocenters. The molecule has 1 aromatic heterocycles. The molecule has 1 atom stereocenters. The molecule has 2 aliphatic rings. The summed E-state index contributed by atoms with van der Waals surface area (Å²) in [7, 11) is 0. The number of anilines is 1. The summed E-state index contributed by atoms with van der Waals surface area (Å²) in [5.41, 5.74) is 7.37. The van der Waals surface area contributed by atoms with Crippen molar-refractivity contribution >= 4 is 28.8 Å². The molecule has 176 valence electrons. The van der Waals surface area contributed by atoms with E-state index in [1.54, 1.807) is 12.1 Å². The van der Waals surface area contributed by atoms with Crippen LogP contribution < -0.4 is 16.4 Å². The number of hydrogen-bond donors (Lipinski definition) is 4. The van der Waals surface area contributed by atoms with Crippen LogP contribution in [-0.2, 0) is 0 Å². The number of rotatable bonds is 9. The fraction of sp³-hybridized carbons (Fsp3) is 0.458. The van der Waals surface area contributed by atoms with Crippen molar-refractivity contribution in [3.05, 3.63) is 47.7 Å². The van der Waals surface area contributed by atoms with Crippen LogP contribution in [0.2, 0.25) is 0 Å². The van der Waals surface area contributed by atoms with Crippen LogP contribution in [0, 0.1) is 11.3 Å². The summed E-state index contributed by atoms with van der Waals surface area (Å²) in [6.45, 7) is 1.42. The Kier molecular flexibility index (Phi) is 6.88. The predicted octanol–water partition coefficient (Wildman–Crippen LogP) is 3.38. The van der Waals surface area contributed by atoms with E-state index < -0.39 is 12.0 Å². The average molecular weight is 457 g/mol. The highest BCUT2D eigenvalue weighted by atomic mass is 19.3. The van der Waals surface area contributed by atoms with Crippen molar-refractivity contribution in [1.82, 2.24) is 15.2 Å². The molecular formula is C24H30F2N6O. The van der Waals surface area contributed by atoms with Gasteiger partial charge in [0.1, 0.15) is 5.82 Å². The molecule has 2 aromatic rings. The minimum absolute atomic E-state index is 0.160. The van der Waals surface area contributed by atoms with Gasteiger partial charge < -0.3 is 21.8 Å². The lowest BCUT2D eigenvalue weighted by Crippen LogP contribution is -2.50. The molecule has 4 rings (SSSR count). The highest BCUT2D eigenvalue weighted by Crippen LogP contribution is 2.30. The second kappa shape index (κ2) is 9.82. The molecule has 1 aliphatic heterocycles. The summed E-state index contributed by atoms with van der Waals surface area (Å²) in [6, 6.07) is 8.72.